The molecule has 0 aromatic heterocycles. The molecule has 14 aromatic carbocycles. The number of rotatable bonds is 10. The molecule has 14 aromatic rings. The van der Waals surface area contributed by atoms with Crippen molar-refractivity contribution in [2.75, 3.05) is 0 Å². The average molecular weight is 1100 g/mol. The normalized spacial score (nSPS) is 14.0. The average Bonchev–Trinajstić information content (AvgIpc) is 1.65. The minimum Gasteiger partial charge on any atom is -0.0622 e. The highest BCUT2D eigenvalue weighted by atomic mass is 14.5. The van der Waals surface area contributed by atoms with Crippen molar-refractivity contribution in [2.45, 2.75) is 16.2 Å². The lowest BCUT2D eigenvalue weighted by Crippen LogP contribution is -2.28. The van der Waals surface area contributed by atoms with E-state index in [1.165, 1.54) is 145 Å². The van der Waals surface area contributed by atoms with Crippen molar-refractivity contribution in [1.82, 2.24) is 0 Å². The van der Waals surface area contributed by atoms with Gasteiger partial charge < -0.3 is 0 Å². The first kappa shape index (κ1) is 50.6. The van der Waals surface area contributed by atoms with Crippen LogP contribution in [0.2, 0.25) is 0 Å². The molecule has 0 aliphatic heterocycles. The molecule has 0 bridgehead atoms. The Kier molecular flexibility index (Phi) is 11.7. The maximum Gasteiger partial charge on any atom is 0.0713 e. The molecule has 0 radical (unpaired) electrons. The van der Waals surface area contributed by atoms with Crippen molar-refractivity contribution in [2.24, 2.45) is 0 Å². The summed E-state index contributed by atoms with van der Waals surface area (Å²) in [6.07, 6.45) is 0. The van der Waals surface area contributed by atoms with E-state index in [9.17, 15) is 0 Å². The van der Waals surface area contributed by atoms with Crippen LogP contribution in [-0.2, 0) is 16.2 Å². The quantitative estimate of drug-likeness (QED) is 0.128. The molecule has 0 N–H and O–H groups in total. The van der Waals surface area contributed by atoms with E-state index in [-0.39, 0.29) is 0 Å². The predicted octanol–water partition coefficient (Wildman–Crippen LogP) is 21.4. The molecule has 0 spiro atoms. The molecule has 3 aliphatic rings. The molecule has 17 rings (SSSR count). The Morgan fingerprint density at radius 1 is 0.126 bits per heavy atom. The van der Waals surface area contributed by atoms with Crippen LogP contribution >= 0.6 is 0 Å². The first-order chi connectivity index (χ1) is 43.1. The van der Waals surface area contributed by atoms with Gasteiger partial charge in [-0.25, -0.2) is 0 Å². The number of hydrogen-bond acceptors (Lipinski definition) is 0. The Labute approximate surface area is 509 Å². The molecule has 0 saturated heterocycles. The van der Waals surface area contributed by atoms with Crippen LogP contribution in [0.3, 0.4) is 0 Å². The van der Waals surface area contributed by atoms with Gasteiger partial charge in [-0.1, -0.05) is 340 Å². The molecule has 87 heavy (non-hydrogen) atoms. The van der Waals surface area contributed by atoms with E-state index < -0.39 is 16.2 Å². The van der Waals surface area contributed by atoms with Gasteiger partial charge in [0.1, 0.15) is 0 Å². The lowest BCUT2D eigenvalue weighted by Gasteiger charge is -2.34. The highest BCUT2D eigenvalue weighted by Crippen LogP contribution is 2.59. The molecule has 0 heterocycles. The van der Waals surface area contributed by atoms with Gasteiger partial charge >= 0.3 is 0 Å². The monoisotopic (exact) mass is 1100 g/mol. The second kappa shape index (κ2) is 20.1. The highest BCUT2D eigenvalue weighted by Gasteiger charge is 2.49. The molecule has 406 valence electrons. The SMILES string of the molecule is c1ccc(C2(c3cccc(-c4ccc(-c5ccc(C6(c7ccc(-c8ccc(-c9cccc(C%10(c%11ccccc%11)c%11ccccc%11-c%11ccccc%11%10)c9)cc8)cc7)c7ccccc7-c7ccccc76)cc5)cc4)c3)c3ccccc3-c3ccccc32)cc1. The highest BCUT2D eigenvalue weighted by molar-refractivity contribution is 5.90. The molecule has 0 saturated carbocycles. The van der Waals surface area contributed by atoms with E-state index in [0.717, 1.165) is 0 Å². The van der Waals surface area contributed by atoms with Gasteiger partial charge in [0.05, 0.1) is 16.2 Å². The summed E-state index contributed by atoms with van der Waals surface area (Å²) in [5, 5.41) is 0. The minimum absolute atomic E-state index is 0.445. The zero-order valence-electron chi connectivity index (χ0n) is 48.0. The van der Waals surface area contributed by atoms with Crippen LogP contribution in [0.25, 0.3) is 77.9 Å². The van der Waals surface area contributed by atoms with Crippen molar-refractivity contribution in [3.8, 4) is 77.9 Å². The van der Waals surface area contributed by atoms with Crippen LogP contribution < -0.4 is 0 Å². The number of hydrogen-bond donors (Lipinski definition) is 0. The van der Waals surface area contributed by atoms with E-state index in [1.54, 1.807) is 0 Å². The smallest absolute Gasteiger partial charge is 0.0622 e. The van der Waals surface area contributed by atoms with Gasteiger partial charge in [0.15, 0.2) is 0 Å². The fraction of sp³-hybridized carbons (Fsp3) is 0.0345. The summed E-state index contributed by atoms with van der Waals surface area (Å²) in [5.41, 5.74) is 31.4. The number of fused-ring (bicyclic) bond motifs is 9. The van der Waals surface area contributed by atoms with Gasteiger partial charge in [0, 0.05) is 0 Å². The summed E-state index contributed by atoms with van der Waals surface area (Å²) in [4.78, 5) is 0. The van der Waals surface area contributed by atoms with Crippen LogP contribution in [0.5, 0.6) is 0 Å². The van der Waals surface area contributed by atoms with E-state index in [2.05, 4.69) is 352 Å². The molecule has 0 unspecified atom stereocenters. The number of benzene rings is 14. The van der Waals surface area contributed by atoms with Gasteiger partial charge in [-0.2, -0.15) is 0 Å². The largest absolute Gasteiger partial charge is 0.0713 e. The summed E-state index contributed by atoms with van der Waals surface area (Å²) in [6.45, 7) is 0. The summed E-state index contributed by atoms with van der Waals surface area (Å²) >= 11 is 0. The fourth-order valence-electron chi connectivity index (χ4n) is 15.8. The maximum absolute atomic E-state index is 2.42. The van der Waals surface area contributed by atoms with Crippen LogP contribution in [0, 0.1) is 0 Å². The van der Waals surface area contributed by atoms with Gasteiger partial charge in [-0.3, -0.25) is 0 Å². The second-order valence-electron chi connectivity index (χ2n) is 23.7. The Balaban J connectivity index is 0.693. The van der Waals surface area contributed by atoms with Gasteiger partial charge in [-0.05, 0) is 157 Å². The maximum atomic E-state index is 2.42. The Bertz CT molecular complexity index is 4520. The van der Waals surface area contributed by atoms with Crippen LogP contribution in [0.15, 0.2) is 352 Å². The molecule has 3 aliphatic carbocycles. The zero-order valence-corrected chi connectivity index (χ0v) is 48.0. The summed E-state index contributed by atoms with van der Waals surface area (Å²) in [7, 11) is 0. The van der Waals surface area contributed by atoms with E-state index >= 15 is 0 Å². The summed E-state index contributed by atoms with van der Waals surface area (Å²) in [5.74, 6) is 0. The van der Waals surface area contributed by atoms with Gasteiger partial charge in [0.25, 0.3) is 0 Å². The Morgan fingerprint density at radius 2 is 0.322 bits per heavy atom. The van der Waals surface area contributed by atoms with E-state index in [0.29, 0.717) is 0 Å². The first-order valence-electron chi connectivity index (χ1n) is 30.5. The lowest BCUT2D eigenvalue weighted by atomic mass is 9.67. The fourth-order valence-corrected chi connectivity index (χ4v) is 15.8. The van der Waals surface area contributed by atoms with Gasteiger partial charge in [0.2, 0.25) is 0 Å². The van der Waals surface area contributed by atoms with Crippen molar-refractivity contribution in [1.29, 1.82) is 0 Å². The third-order valence-electron chi connectivity index (χ3n) is 19.6. The zero-order chi connectivity index (χ0) is 57.5. The molecule has 0 fully saturated rings. The van der Waals surface area contributed by atoms with Gasteiger partial charge in [-0.15, -0.1) is 0 Å². The van der Waals surface area contributed by atoms with Crippen molar-refractivity contribution in [3.05, 3.63) is 419 Å². The van der Waals surface area contributed by atoms with Crippen LogP contribution in [0.4, 0.5) is 0 Å². The Hall–Kier alpha value is -10.9. The van der Waals surface area contributed by atoms with Crippen LogP contribution in [0.1, 0.15) is 66.8 Å². The third kappa shape index (κ3) is 7.51. The molecule has 0 nitrogen and oxygen atoms in total. The van der Waals surface area contributed by atoms with Crippen molar-refractivity contribution < 1.29 is 0 Å². The third-order valence-corrected chi connectivity index (χ3v) is 19.6. The molecule has 0 heteroatoms. The van der Waals surface area contributed by atoms with Crippen LogP contribution in [-0.4, -0.2) is 0 Å². The molecular weight excluding hydrogens is 1040 g/mol. The van der Waals surface area contributed by atoms with E-state index in [4.69, 9.17) is 0 Å². The summed E-state index contributed by atoms with van der Waals surface area (Å²) in [6, 6.07) is 132. The molecular formula is C87H58. The summed E-state index contributed by atoms with van der Waals surface area (Å²) < 4.78 is 0. The Morgan fingerprint density at radius 3 is 0.598 bits per heavy atom. The standard InChI is InChI=1S/C87H58/c1-3-23-67(24-4-1)86(81-37-15-9-31-75(81)76-32-10-16-38-82(76)86)71-27-19-21-65(57-71)63-45-41-59(42-46-63)61-49-53-69(54-50-61)85(79-35-13-7-29-73(79)74-30-8-14-36-80(74)85)70-55-51-62(52-56-70)60-43-47-64(48-44-60)66-22-20-28-72(58-66)87(68-25-5-2-6-26-68)83-39-17-11-33-77(83)78-34-12-18-40-84(78)87/h1-58H. The second-order valence-corrected chi connectivity index (χ2v) is 23.7. The minimum atomic E-state index is -0.525. The predicted molar refractivity (Wildman–Crippen MR) is 360 cm³/mol. The van der Waals surface area contributed by atoms with Crippen molar-refractivity contribution >= 4 is 0 Å². The lowest BCUT2D eigenvalue weighted by molar-refractivity contribution is 0.769. The first-order valence-corrected chi connectivity index (χ1v) is 30.5. The van der Waals surface area contributed by atoms with E-state index in [1.807, 2.05) is 0 Å². The topological polar surface area (TPSA) is 0 Å². The van der Waals surface area contributed by atoms with Crippen molar-refractivity contribution in [3.63, 3.8) is 0 Å². The molecule has 0 amide bonds. The molecule has 0 atom stereocenters.